The Balaban J connectivity index is 3.08. The monoisotopic (exact) mass is 217 g/mol. The van der Waals surface area contributed by atoms with E-state index in [1.807, 2.05) is 0 Å². The van der Waals surface area contributed by atoms with Crippen LogP contribution in [0.4, 0.5) is 0 Å². The zero-order valence-corrected chi connectivity index (χ0v) is 8.85. The molecule has 0 aromatic heterocycles. The Morgan fingerprint density at radius 2 is 1.77 bits per heavy atom. The number of hydrogen-bond donors (Lipinski definition) is 2. The van der Waals surface area contributed by atoms with Gasteiger partial charge in [0.2, 0.25) is 0 Å². The van der Waals surface area contributed by atoms with Crippen LogP contribution in [0.3, 0.4) is 0 Å². The van der Waals surface area contributed by atoms with Crippen LogP contribution in [-0.4, -0.2) is 14.7 Å². The van der Waals surface area contributed by atoms with E-state index in [4.69, 9.17) is 5.73 Å². The molecule has 0 fully saturated rings. The van der Waals surface area contributed by atoms with Gasteiger partial charge in [0, 0.05) is 6.26 Å². The van der Waals surface area contributed by atoms with Crippen LogP contribution in [-0.2, 0) is 9.84 Å². The number of sulfone groups is 1. The summed E-state index contributed by atoms with van der Waals surface area (Å²) in [7, 11) is -3.11. The molecule has 0 radical (unpaired) electrons. The summed E-state index contributed by atoms with van der Waals surface area (Å²) in [6.45, 7) is 0. The van der Waals surface area contributed by atoms with Crippen LogP contribution in [0.5, 0.6) is 0 Å². The van der Waals surface area contributed by atoms with Gasteiger partial charge in [0.1, 0.15) is 0 Å². The molecule has 1 rings (SSSR count). The molecule has 1 atom stereocenters. The molecule has 2 N–H and O–H groups in total. The van der Waals surface area contributed by atoms with Crippen molar-refractivity contribution in [2.75, 3.05) is 6.26 Å². The fourth-order valence-corrected chi connectivity index (χ4v) is 1.71. The van der Waals surface area contributed by atoms with Gasteiger partial charge in [-0.2, -0.15) is 12.6 Å². The molecule has 72 valence electrons. The van der Waals surface area contributed by atoms with E-state index in [1.54, 1.807) is 12.1 Å². The fourth-order valence-electron chi connectivity index (χ4n) is 0.912. The van der Waals surface area contributed by atoms with Gasteiger partial charge in [-0.15, -0.1) is 0 Å². The molecule has 0 saturated heterocycles. The van der Waals surface area contributed by atoms with Crippen LogP contribution < -0.4 is 5.73 Å². The maximum absolute atomic E-state index is 11.1. The van der Waals surface area contributed by atoms with E-state index in [0.29, 0.717) is 4.90 Å². The number of nitrogens with two attached hydrogens (primary N) is 1. The minimum Gasteiger partial charge on any atom is -0.316 e. The van der Waals surface area contributed by atoms with Crippen molar-refractivity contribution in [3.63, 3.8) is 0 Å². The van der Waals surface area contributed by atoms with E-state index in [1.165, 1.54) is 18.4 Å². The Bertz CT molecular complexity index is 381. The summed E-state index contributed by atoms with van der Waals surface area (Å²) in [5, 5.41) is -0.367. The van der Waals surface area contributed by atoms with E-state index in [9.17, 15) is 8.42 Å². The lowest BCUT2D eigenvalue weighted by Gasteiger charge is -2.04. The lowest BCUT2D eigenvalue weighted by atomic mass is 10.2. The number of hydrogen-bond acceptors (Lipinski definition) is 4. The molecule has 5 heteroatoms. The fraction of sp³-hybridized carbons (Fsp3) is 0.250. The standard InChI is InChI=1S/C8H11NO2S2/c1-13(10,11)7-4-2-6(3-5-7)8(9)12/h2-5,8,12H,9H2,1H3. The van der Waals surface area contributed by atoms with Gasteiger partial charge in [-0.3, -0.25) is 0 Å². The first-order valence-electron chi connectivity index (χ1n) is 3.65. The van der Waals surface area contributed by atoms with Crippen molar-refractivity contribution in [3.8, 4) is 0 Å². The quantitative estimate of drug-likeness (QED) is 0.573. The molecule has 1 aromatic rings. The first-order chi connectivity index (χ1) is 5.91. The number of rotatable bonds is 2. The van der Waals surface area contributed by atoms with E-state index in [0.717, 1.165) is 5.56 Å². The molecular weight excluding hydrogens is 206 g/mol. The third-order valence-corrected chi connectivity index (χ3v) is 3.08. The second-order valence-corrected chi connectivity index (χ2v) is 5.36. The van der Waals surface area contributed by atoms with Gasteiger partial charge in [0.25, 0.3) is 0 Å². The van der Waals surface area contributed by atoms with Crippen molar-refractivity contribution in [1.82, 2.24) is 0 Å². The molecule has 0 saturated carbocycles. The molecule has 0 aliphatic carbocycles. The van der Waals surface area contributed by atoms with Gasteiger partial charge in [-0.1, -0.05) is 12.1 Å². The van der Waals surface area contributed by atoms with Crippen LogP contribution in [0.25, 0.3) is 0 Å². The van der Waals surface area contributed by atoms with Crippen molar-refractivity contribution in [2.45, 2.75) is 10.3 Å². The summed E-state index contributed by atoms with van der Waals surface area (Å²) in [6, 6.07) is 6.38. The van der Waals surface area contributed by atoms with Crippen LogP contribution in [0.15, 0.2) is 29.2 Å². The third kappa shape index (κ3) is 2.72. The Labute approximate surface area is 83.3 Å². The average Bonchev–Trinajstić information content (AvgIpc) is 2.03. The minimum atomic E-state index is -3.11. The topological polar surface area (TPSA) is 60.2 Å². The third-order valence-electron chi connectivity index (χ3n) is 1.65. The van der Waals surface area contributed by atoms with E-state index in [-0.39, 0.29) is 5.37 Å². The molecule has 0 aliphatic rings. The largest absolute Gasteiger partial charge is 0.316 e. The Kier molecular flexibility index (Phi) is 3.00. The Morgan fingerprint density at radius 1 is 1.31 bits per heavy atom. The predicted molar refractivity (Wildman–Crippen MR) is 55.5 cm³/mol. The molecule has 0 bridgehead atoms. The van der Waals surface area contributed by atoms with Gasteiger partial charge in [-0.05, 0) is 17.7 Å². The SMILES string of the molecule is CS(=O)(=O)c1ccc(C(N)S)cc1. The van der Waals surface area contributed by atoms with Crippen molar-refractivity contribution >= 4 is 22.5 Å². The van der Waals surface area contributed by atoms with Crippen LogP contribution in [0, 0.1) is 0 Å². The Hall–Kier alpha value is -0.520. The highest BCUT2D eigenvalue weighted by atomic mass is 32.2. The van der Waals surface area contributed by atoms with Gasteiger partial charge in [0.05, 0.1) is 10.3 Å². The molecule has 0 aliphatic heterocycles. The second-order valence-electron chi connectivity index (χ2n) is 2.79. The maximum atomic E-state index is 11.1. The second kappa shape index (κ2) is 3.69. The molecule has 0 amide bonds. The maximum Gasteiger partial charge on any atom is 0.175 e. The number of benzene rings is 1. The average molecular weight is 217 g/mol. The first-order valence-corrected chi connectivity index (χ1v) is 6.06. The van der Waals surface area contributed by atoms with Crippen LogP contribution in [0.2, 0.25) is 0 Å². The smallest absolute Gasteiger partial charge is 0.175 e. The van der Waals surface area contributed by atoms with E-state index in [2.05, 4.69) is 12.6 Å². The van der Waals surface area contributed by atoms with E-state index < -0.39 is 9.84 Å². The highest BCUT2D eigenvalue weighted by molar-refractivity contribution is 7.90. The van der Waals surface area contributed by atoms with Gasteiger partial charge < -0.3 is 5.73 Å². The van der Waals surface area contributed by atoms with Gasteiger partial charge in [0.15, 0.2) is 9.84 Å². The molecular formula is C8H11NO2S2. The summed E-state index contributed by atoms with van der Waals surface area (Å²) in [6.07, 6.45) is 1.17. The lowest BCUT2D eigenvalue weighted by Crippen LogP contribution is -2.03. The van der Waals surface area contributed by atoms with Crippen LogP contribution in [0.1, 0.15) is 10.9 Å². The van der Waals surface area contributed by atoms with Crippen molar-refractivity contribution < 1.29 is 8.42 Å². The van der Waals surface area contributed by atoms with Gasteiger partial charge >= 0.3 is 0 Å². The molecule has 3 nitrogen and oxygen atoms in total. The Morgan fingerprint density at radius 3 is 2.08 bits per heavy atom. The molecule has 1 unspecified atom stereocenters. The van der Waals surface area contributed by atoms with Crippen LogP contribution >= 0.6 is 12.6 Å². The molecule has 13 heavy (non-hydrogen) atoms. The van der Waals surface area contributed by atoms with Crippen molar-refractivity contribution in [1.29, 1.82) is 0 Å². The lowest BCUT2D eigenvalue weighted by molar-refractivity contribution is 0.602. The van der Waals surface area contributed by atoms with Gasteiger partial charge in [-0.25, -0.2) is 8.42 Å². The summed E-state index contributed by atoms with van der Waals surface area (Å²) in [5.41, 5.74) is 6.29. The minimum absolute atomic E-state index is 0.297. The summed E-state index contributed by atoms with van der Waals surface area (Å²) in [5.74, 6) is 0. The van der Waals surface area contributed by atoms with Crippen molar-refractivity contribution in [3.05, 3.63) is 29.8 Å². The van der Waals surface area contributed by atoms with E-state index >= 15 is 0 Å². The predicted octanol–water partition coefficient (Wildman–Crippen LogP) is 0.977. The number of thiol groups is 1. The molecule has 0 spiro atoms. The summed E-state index contributed by atoms with van der Waals surface area (Å²) < 4.78 is 22.1. The highest BCUT2D eigenvalue weighted by Crippen LogP contribution is 2.16. The normalized spacial score (nSPS) is 14.1. The zero-order chi connectivity index (χ0) is 10.1. The highest BCUT2D eigenvalue weighted by Gasteiger charge is 2.07. The molecule has 0 heterocycles. The first kappa shape index (κ1) is 10.6. The summed E-state index contributed by atoms with van der Waals surface area (Å²) in [4.78, 5) is 0.297. The summed E-state index contributed by atoms with van der Waals surface area (Å²) >= 11 is 4.02. The van der Waals surface area contributed by atoms with Crippen molar-refractivity contribution in [2.24, 2.45) is 5.73 Å². The molecule has 1 aromatic carbocycles. The zero-order valence-electron chi connectivity index (χ0n) is 7.14.